The van der Waals surface area contributed by atoms with Crippen LogP contribution in [0.2, 0.25) is 0 Å². The molecule has 4 fully saturated rings. The van der Waals surface area contributed by atoms with E-state index < -0.39 is 14.3 Å². The predicted octanol–water partition coefficient (Wildman–Crippen LogP) is 11.0. The van der Waals surface area contributed by atoms with Crippen LogP contribution in [0.4, 0.5) is 0 Å². The summed E-state index contributed by atoms with van der Waals surface area (Å²) >= 11 is 0. The van der Waals surface area contributed by atoms with Gasteiger partial charge >= 0.3 is 15.1 Å². The molecule has 6 heteroatoms. The third-order valence-corrected chi connectivity index (χ3v) is 24.6. The van der Waals surface area contributed by atoms with E-state index in [1.807, 2.05) is 0 Å². The minimum Gasteiger partial charge on any atom is -0.302 e. The van der Waals surface area contributed by atoms with Crippen LogP contribution in [0.3, 0.4) is 0 Å². The molecule has 0 unspecified atom stereocenters. The summed E-state index contributed by atoms with van der Waals surface area (Å²) < 4.78 is 0. The van der Waals surface area contributed by atoms with Crippen LogP contribution in [-0.4, -0.2) is 62.2 Å². The zero-order valence-corrected chi connectivity index (χ0v) is 33.0. The largest absolute Gasteiger partial charge is 0.365 e. The molecule has 0 aromatic heterocycles. The van der Waals surface area contributed by atoms with Crippen molar-refractivity contribution < 1.29 is 0 Å². The number of hydrogen-bond donors (Lipinski definition) is 2. The molecule has 2 heterocycles. The molecule has 0 saturated heterocycles. The average Bonchev–Trinajstić information content (AvgIpc) is 3.18. The maximum atomic E-state index is 7.98. The standard InChI is InChI=1S/C44H66B2N2P2/c45-49(37-19-5-1-6-20-37,38-21-7-2-8-22-38)31-35-29-33-17-13-15-27-41(33)43(47-35)44-42-28-16-14-18-34(42)30-36(48-44)32-50(46,39-23-9-3-10-24-39)40-25-11-4-12-26-40/h13-18,27-28,35-40,43-44,47-48H,1-12,19-26,29-32H2/q+2/t35-,36-,43-,44-/m0/s1. The molecular formula is C44H66B2N2P2+2. The number of nitrogens with one attached hydrogen (secondary N) is 2. The summed E-state index contributed by atoms with van der Waals surface area (Å²) in [5, 5.41) is 8.85. The minimum atomic E-state index is -1.60. The summed E-state index contributed by atoms with van der Waals surface area (Å²) in [6.45, 7) is 0. The Bertz CT molecular complexity index is 1250. The van der Waals surface area contributed by atoms with Gasteiger partial charge in [0.2, 0.25) is 0 Å². The normalized spacial score (nSPS) is 29.7. The Morgan fingerprint density at radius 2 is 0.740 bits per heavy atom. The van der Waals surface area contributed by atoms with E-state index in [4.69, 9.17) is 15.1 Å². The molecule has 266 valence electrons. The Hall–Kier alpha value is -0.650. The van der Waals surface area contributed by atoms with E-state index in [9.17, 15) is 0 Å². The molecule has 4 saturated carbocycles. The van der Waals surface area contributed by atoms with E-state index in [1.54, 1.807) is 11.1 Å². The monoisotopic (exact) mass is 706 g/mol. The van der Waals surface area contributed by atoms with Gasteiger partial charge in [-0.05, 0) is 152 Å². The molecule has 4 radical (unpaired) electrons. The Morgan fingerprint density at radius 3 is 1.06 bits per heavy atom. The molecule has 0 spiro atoms. The fourth-order valence-electron chi connectivity index (χ4n) is 12.4. The van der Waals surface area contributed by atoms with Gasteiger partial charge in [0.1, 0.15) is 0 Å². The lowest BCUT2D eigenvalue weighted by Gasteiger charge is -2.48. The Labute approximate surface area is 310 Å². The van der Waals surface area contributed by atoms with Gasteiger partial charge in [-0.3, -0.25) is 0 Å². The molecule has 4 aliphatic carbocycles. The van der Waals surface area contributed by atoms with Crippen molar-refractivity contribution in [2.45, 2.75) is 188 Å². The second-order valence-corrected chi connectivity index (χ2v) is 25.6. The molecule has 6 aliphatic rings. The average molecular weight is 707 g/mol. The number of fused-ring (bicyclic) bond motifs is 2. The van der Waals surface area contributed by atoms with Gasteiger partial charge < -0.3 is 10.6 Å². The first-order chi connectivity index (χ1) is 24.5. The summed E-state index contributed by atoms with van der Waals surface area (Å²) in [6, 6.07) is 20.4. The summed E-state index contributed by atoms with van der Waals surface area (Å²) in [5.74, 6) is 0. The molecule has 8 rings (SSSR count). The van der Waals surface area contributed by atoms with E-state index in [1.165, 1.54) is 152 Å². The van der Waals surface area contributed by atoms with Crippen LogP contribution in [-0.2, 0) is 12.8 Å². The lowest BCUT2D eigenvalue weighted by Crippen LogP contribution is -2.52. The zero-order valence-electron chi connectivity index (χ0n) is 31.3. The SMILES string of the molecule is [B][P+](C[C@@H]1Cc2ccccc2[C@@H]([C@H]2N[C@H](C[P+]([B])(C3CCCCC3)C3CCCCC3)Cc3ccccc32)N1)(C1CCCCC1)C1CCCCC1. The van der Waals surface area contributed by atoms with Crippen LogP contribution in [0.25, 0.3) is 0 Å². The van der Waals surface area contributed by atoms with Crippen LogP contribution >= 0.6 is 14.3 Å². The van der Waals surface area contributed by atoms with Crippen LogP contribution < -0.4 is 10.6 Å². The second kappa shape index (κ2) is 16.4. The molecule has 2 aromatic rings. The first-order valence-corrected chi connectivity index (χ1v) is 25.9. The number of benzene rings is 2. The van der Waals surface area contributed by atoms with E-state index in [0.717, 1.165) is 35.5 Å². The quantitative estimate of drug-likeness (QED) is 0.200. The fraction of sp³-hybridized carbons (Fsp3) is 0.727. The molecule has 50 heavy (non-hydrogen) atoms. The number of rotatable bonds is 9. The molecule has 2 nitrogen and oxygen atoms in total. The first-order valence-electron chi connectivity index (χ1n) is 21.5. The lowest BCUT2D eigenvalue weighted by molar-refractivity contribution is 0.299. The van der Waals surface area contributed by atoms with E-state index in [2.05, 4.69) is 59.2 Å². The van der Waals surface area contributed by atoms with Gasteiger partial charge in [-0.2, -0.15) is 0 Å². The van der Waals surface area contributed by atoms with Gasteiger partial charge in [0, 0.05) is 12.1 Å². The summed E-state index contributed by atoms with van der Waals surface area (Å²) in [7, 11) is 12.8. The minimum absolute atomic E-state index is 0.259. The van der Waals surface area contributed by atoms with Gasteiger partial charge in [0.25, 0.3) is 0 Å². The van der Waals surface area contributed by atoms with Gasteiger partial charge in [-0.15, -0.1) is 0 Å². The summed E-state index contributed by atoms with van der Waals surface area (Å²) in [6.07, 6.45) is 32.7. The van der Waals surface area contributed by atoms with Crippen molar-refractivity contribution in [1.82, 2.24) is 10.6 Å². The molecule has 4 atom stereocenters. The topological polar surface area (TPSA) is 24.1 Å². The second-order valence-electron chi connectivity index (χ2n) is 18.0. The van der Waals surface area contributed by atoms with Gasteiger partial charge in [0.05, 0.1) is 47.0 Å². The Balaban J connectivity index is 1.10. The van der Waals surface area contributed by atoms with Gasteiger partial charge in [-0.25, -0.2) is 0 Å². The van der Waals surface area contributed by atoms with E-state index in [-0.39, 0.29) is 12.1 Å². The molecule has 2 N–H and O–H groups in total. The molecule has 0 bridgehead atoms. The summed E-state index contributed by atoms with van der Waals surface area (Å²) in [5.41, 5.74) is 9.31. The van der Waals surface area contributed by atoms with Crippen LogP contribution in [0.1, 0.15) is 163 Å². The third kappa shape index (κ3) is 7.65. The van der Waals surface area contributed by atoms with Crippen molar-refractivity contribution in [1.29, 1.82) is 0 Å². The van der Waals surface area contributed by atoms with Crippen LogP contribution in [0.15, 0.2) is 48.5 Å². The van der Waals surface area contributed by atoms with Crippen molar-refractivity contribution >= 4 is 29.4 Å². The predicted molar refractivity (Wildman–Crippen MR) is 222 cm³/mol. The van der Waals surface area contributed by atoms with Crippen molar-refractivity contribution in [3.8, 4) is 0 Å². The fourth-order valence-corrected chi connectivity index (χ4v) is 22.1. The molecule has 0 amide bonds. The Morgan fingerprint density at radius 1 is 0.440 bits per heavy atom. The highest BCUT2D eigenvalue weighted by molar-refractivity contribution is 7.98. The highest BCUT2D eigenvalue weighted by Gasteiger charge is 2.52. The Kier molecular flexibility index (Phi) is 11.9. The van der Waals surface area contributed by atoms with Crippen LogP contribution in [0.5, 0.6) is 0 Å². The van der Waals surface area contributed by atoms with Crippen molar-refractivity contribution in [2.24, 2.45) is 0 Å². The summed E-state index contributed by atoms with van der Waals surface area (Å²) in [4.78, 5) is 0. The smallest absolute Gasteiger partial charge is 0.302 e. The van der Waals surface area contributed by atoms with Gasteiger partial charge in [0.15, 0.2) is 0 Å². The van der Waals surface area contributed by atoms with Crippen molar-refractivity contribution in [3.63, 3.8) is 0 Å². The van der Waals surface area contributed by atoms with E-state index >= 15 is 0 Å². The first kappa shape index (κ1) is 36.3. The molecular weight excluding hydrogens is 640 g/mol. The highest BCUT2D eigenvalue weighted by Crippen LogP contribution is 2.70. The zero-order chi connectivity index (χ0) is 34.0. The number of hydrogen-bond acceptors (Lipinski definition) is 2. The third-order valence-electron chi connectivity index (χ3n) is 15.0. The highest BCUT2D eigenvalue weighted by atomic mass is 31.2. The van der Waals surface area contributed by atoms with Crippen molar-refractivity contribution in [3.05, 3.63) is 70.8 Å². The van der Waals surface area contributed by atoms with Crippen LogP contribution in [0, 0.1) is 0 Å². The maximum Gasteiger partial charge on any atom is 0.365 e. The molecule has 2 aromatic carbocycles. The maximum absolute atomic E-state index is 7.98. The van der Waals surface area contributed by atoms with Gasteiger partial charge in [-0.1, -0.05) is 74.2 Å². The lowest BCUT2D eigenvalue weighted by atomic mass is 9.80. The molecule has 2 aliphatic heterocycles. The van der Waals surface area contributed by atoms with E-state index in [0.29, 0.717) is 12.1 Å². The van der Waals surface area contributed by atoms with Crippen molar-refractivity contribution in [2.75, 3.05) is 12.3 Å².